The predicted octanol–water partition coefficient (Wildman–Crippen LogP) is 4.73. The Morgan fingerprint density at radius 2 is 1.90 bits per heavy atom. The fraction of sp³-hybridized carbons (Fsp3) is 0.409. The van der Waals surface area contributed by atoms with Crippen molar-refractivity contribution in [2.24, 2.45) is 0 Å². The largest absolute Gasteiger partial charge is 0.463 e. The molecule has 0 aromatic heterocycles. The molecule has 5 nitrogen and oxygen atoms in total. The molecule has 2 aromatic rings. The van der Waals surface area contributed by atoms with Crippen molar-refractivity contribution in [2.75, 3.05) is 18.4 Å². The summed E-state index contributed by atoms with van der Waals surface area (Å²) in [7, 11) is 0. The van der Waals surface area contributed by atoms with Crippen LogP contribution in [0.2, 0.25) is 0 Å². The number of ether oxygens (including phenoxy) is 2. The number of unbranched alkanes of at least 4 members (excludes halogenated alkanes) is 2. The Bertz CT molecular complexity index is 842. The summed E-state index contributed by atoms with van der Waals surface area (Å²) in [6.45, 7) is 1.87. The van der Waals surface area contributed by atoms with E-state index in [1.807, 2.05) is 24.3 Å². The van der Waals surface area contributed by atoms with Gasteiger partial charge in [0.1, 0.15) is 5.75 Å². The van der Waals surface area contributed by atoms with Gasteiger partial charge in [0.2, 0.25) is 12.2 Å². The van der Waals surface area contributed by atoms with Crippen LogP contribution in [0.25, 0.3) is 0 Å². The molecule has 0 fully saturated rings. The van der Waals surface area contributed by atoms with Crippen LogP contribution in [0.1, 0.15) is 36.8 Å². The third kappa shape index (κ3) is 6.74. The summed E-state index contributed by atoms with van der Waals surface area (Å²) >= 11 is 0. The van der Waals surface area contributed by atoms with Crippen molar-refractivity contribution in [2.45, 2.75) is 44.8 Å². The smallest absolute Gasteiger partial charge is 0.416 e. The van der Waals surface area contributed by atoms with E-state index in [1.54, 1.807) is 0 Å². The Kier molecular flexibility index (Phi) is 7.70. The van der Waals surface area contributed by atoms with Crippen LogP contribution in [0.15, 0.2) is 48.5 Å². The highest BCUT2D eigenvalue weighted by molar-refractivity contribution is 5.90. The van der Waals surface area contributed by atoms with Crippen LogP contribution in [-0.2, 0) is 22.3 Å². The molecule has 1 atom stereocenters. The minimum absolute atomic E-state index is 0.158. The number of carbonyl (C=O) groups excluding carboxylic acids is 1. The van der Waals surface area contributed by atoms with Crippen LogP contribution >= 0.6 is 0 Å². The Morgan fingerprint density at radius 1 is 1.07 bits per heavy atom. The molecule has 0 bridgehead atoms. The number of nitrogens with one attached hydrogen (secondary N) is 2. The minimum atomic E-state index is -4.43. The molecule has 1 heterocycles. The lowest BCUT2D eigenvalue weighted by Gasteiger charge is -2.26. The molecule has 1 aliphatic heterocycles. The highest BCUT2D eigenvalue weighted by Crippen LogP contribution is 2.30. The monoisotopic (exact) mass is 422 g/mol. The molecule has 2 N–H and O–H groups in total. The molecule has 2 aromatic carbocycles. The van der Waals surface area contributed by atoms with Crippen LogP contribution in [0.3, 0.4) is 0 Å². The molecule has 0 radical (unpaired) electrons. The lowest BCUT2D eigenvalue weighted by molar-refractivity contribution is -0.137. The second-order valence-corrected chi connectivity index (χ2v) is 7.11. The van der Waals surface area contributed by atoms with E-state index in [1.165, 1.54) is 12.1 Å². The molecule has 8 heteroatoms. The second kappa shape index (κ2) is 10.4. The highest BCUT2D eigenvalue weighted by atomic mass is 19.4. The van der Waals surface area contributed by atoms with Gasteiger partial charge in [-0.05, 0) is 43.7 Å². The molecule has 0 spiro atoms. The highest BCUT2D eigenvalue weighted by Gasteiger charge is 2.30. The lowest BCUT2D eigenvalue weighted by atomic mass is 10.1. The number of para-hydroxylation sites is 1. The summed E-state index contributed by atoms with van der Waals surface area (Å²) in [6, 6.07) is 12.4. The number of fused-ring (bicyclic) bond motifs is 1. The first-order valence-corrected chi connectivity index (χ1v) is 9.96. The van der Waals surface area contributed by atoms with E-state index in [9.17, 15) is 18.0 Å². The van der Waals surface area contributed by atoms with Gasteiger partial charge >= 0.3 is 6.18 Å². The summed E-state index contributed by atoms with van der Waals surface area (Å²) in [6.07, 6.45) is -2.11. The standard InChI is InChI=1S/C22H25F3N2O3/c23-22(24,25)17-8-6-9-18(13-17)27-20(28)11-2-1-5-12-26-14-21-29-15-16-7-3-4-10-19(16)30-21/h3-4,6-10,13,21,26H,1-2,5,11-12,14-15H2,(H,27,28). The number of carbonyl (C=O) groups is 1. The fourth-order valence-corrected chi connectivity index (χ4v) is 3.13. The van der Waals surface area contributed by atoms with Gasteiger partial charge in [0.15, 0.2) is 0 Å². The van der Waals surface area contributed by atoms with Crippen LogP contribution < -0.4 is 15.4 Å². The van der Waals surface area contributed by atoms with Crippen LogP contribution in [-0.4, -0.2) is 25.3 Å². The average Bonchev–Trinajstić information content (AvgIpc) is 2.72. The molecule has 3 rings (SSSR count). The number of hydrogen-bond donors (Lipinski definition) is 2. The SMILES string of the molecule is O=C(CCCCCNCC1OCc2ccccc2O1)Nc1cccc(C(F)(F)F)c1. The maximum Gasteiger partial charge on any atom is 0.416 e. The zero-order valence-corrected chi connectivity index (χ0v) is 16.5. The maximum absolute atomic E-state index is 12.7. The molecule has 0 saturated carbocycles. The van der Waals surface area contributed by atoms with Gasteiger partial charge in [-0.2, -0.15) is 13.2 Å². The Labute approximate surface area is 173 Å². The van der Waals surface area contributed by atoms with E-state index in [2.05, 4.69) is 10.6 Å². The summed E-state index contributed by atoms with van der Waals surface area (Å²) in [5, 5.41) is 5.80. The van der Waals surface area contributed by atoms with Crippen LogP contribution in [0.4, 0.5) is 18.9 Å². The predicted molar refractivity (Wildman–Crippen MR) is 107 cm³/mol. The molecule has 0 aliphatic carbocycles. The van der Waals surface area contributed by atoms with Gasteiger partial charge in [-0.15, -0.1) is 0 Å². The molecule has 162 valence electrons. The van der Waals surface area contributed by atoms with Crippen molar-refractivity contribution in [1.82, 2.24) is 5.32 Å². The first kappa shape index (κ1) is 22.1. The van der Waals surface area contributed by atoms with Gasteiger partial charge in [0.05, 0.1) is 18.7 Å². The minimum Gasteiger partial charge on any atom is -0.463 e. The summed E-state index contributed by atoms with van der Waals surface area (Å²) < 4.78 is 49.5. The van der Waals surface area contributed by atoms with Crippen molar-refractivity contribution in [3.63, 3.8) is 0 Å². The number of anilines is 1. The van der Waals surface area contributed by atoms with E-state index in [-0.39, 0.29) is 24.3 Å². The molecule has 1 aliphatic rings. The van der Waals surface area contributed by atoms with Gasteiger partial charge < -0.3 is 20.1 Å². The third-order valence-corrected chi connectivity index (χ3v) is 4.70. The number of benzene rings is 2. The Morgan fingerprint density at radius 3 is 2.73 bits per heavy atom. The normalized spacial score (nSPS) is 15.9. The molecule has 1 unspecified atom stereocenters. The second-order valence-electron chi connectivity index (χ2n) is 7.11. The number of hydrogen-bond acceptors (Lipinski definition) is 4. The van der Waals surface area contributed by atoms with Crippen molar-refractivity contribution < 1.29 is 27.4 Å². The van der Waals surface area contributed by atoms with Crippen molar-refractivity contribution in [3.8, 4) is 5.75 Å². The van der Waals surface area contributed by atoms with Gasteiger partial charge in [-0.3, -0.25) is 4.79 Å². The van der Waals surface area contributed by atoms with E-state index >= 15 is 0 Å². The Hall–Kier alpha value is -2.58. The number of alkyl halides is 3. The average molecular weight is 422 g/mol. The van der Waals surface area contributed by atoms with Crippen molar-refractivity contribution in [1.29, 1.82) is 0 Å². The number of amides is 1. The molecule has 0 saturated heterocycles. The first-order valence-electron chi connectivity index (χ1n) is 9.96. The third-order valence-electron chi connectivity index (χ3n) is 4.70. The van der Waals surface area contributed by atoms with E-state index in [4.69, 9.17) is 9.47 Å². The van der Waals surface area contributed by atoms with E-state index in [0.717, 1.165) is 42.8 Å². The molecular formula is C22H25F3N2O3. The van der Waals surface area contributed by atoms with Gasteiger partial charge in [-0.25, -0.2) is 0 Å². The summed E-state index contributed by atoms with van der Waals surface area (Å²) in [5.74, 6) is 0.562. The van der Waals surface area contributed by atoms with Crippen LogP contribution in [0, 0.1) is 0 Å². The zero-order chi connectivity index (χ0) is 21.4. The van der Waals surface area contributed by atoms with Crippen molar-refractivity contribution in [3.05, 3.63) is 59.7 Å². The van der Waals surface area contributed by atoms with Crippen LogP contribution in [0.5, 0.6) is 5.75 Å². The number of rotatable bonds is 9. The van der Waals surface area contributed by atoms with Crippen molar-refractivity contribution >= 4 is 11.6 Å². The topological polar surface area (TPSA) is 59.6 Å². The summed E-state index contributed by atoms with van der Waals surface area (Å²) in [4.78, 5) is 11.9. The lowest BCUT2D eigenvalue weighted by Crippen LogP contribution is -2.36. The fourth-order valence-electron chi connectivity index (χ4n) is 3.13. The van der Waals surface area contributed by atoms with Gasteiger partial charge in [-0.1, -0.05) is 30.7 Å². The molecule has 30 heavy (non-hydrogen) atoms. The quantitative estimate of drug-likeness (QED) is 0.574. The Balaban J connectivity index is 1.26. The molecular weight excluding hydrogens is 397 g/mol. The van der Waals surface area contributed by atoms with E-state index in [0.29, 0.717) is 19.6 Å². The van der Waals surface area contributed by atoms with E-state index < -0.39 is 11.7 Å². The van der Waals surface area contributed by atoms with Gasteiger partial charge in [0.25, 0.3) is 0 Å². The van der Waals surface area contributed by atoms with Gasteiger partial charge in [0, 0.05) is 17.7 Å². The molecule has 1 amide bonds. The first-order chi connectivity index (χ1) is 14.4. The summed E-state index contributed by atoms with van der Waals surface area (Å²) in [5.41, 5.74) is 0.420. The number of halogens is 3. The maximum atomic E-state index is 12.7. The zero-order valence-electron chi connectivity index (χ0n) is 16.5.